The molecule has 1 fully saturated rings. The van der Waals surface area contributed by atoms with Gasteiger partial charge in [-0.2, -0.15) is 0 Å². The lowest BCUT2D eigenvalue weighted by atomic mass is 9.87. The molecule has 2 rings (SSSR count). The van der Waals surface area contributed by atoms with E-state index in [2.05, 4.69) is 40.3 Å². The molecule has 21 heavy (non-hydrogen) atoms. The fraction of sp³-hybridized carbons (Fsp3) is 0.588. The third-order valence-corrected chi connectivity index (χ3v) is 4.80. The number of nitrogens with one attached hydrogen (secondary N) is 1. The molecule has 1 aromatic carbocycles. The lowest BCUT2D eigenvalue weighted by molar-refractivity contribution is -0.121. The van der Waals surface area contributed by atoms with Gasteiger partial charge < -0.3 is 10.4 Å². The van der Waals surface area contributed by atoms with Gasteiger partial charge in [0.05, 0.1) is 6.10 Å². The molecule has 1 aromatic rings. The predicted octanol–water partition coefficient (Wildman–Crippen LogP) is 3.61. The second-order valence-electron chi connectivity index (χ2n) is 6.15. The summed E-state index contributed by atoms with van der Waals surface area (Å²) in [6.45, 7) is 2.77. The number of rotatable bonds is 5. The van der Waals surface area contributed by atoms with Crippen LogP contribution < -0.4 is 5.32 Å². The molecule has 0 heterocycles. The molecule has 1 amide bonds. The number of carbonyl (C=O) groups is 1. The van der Waals surface area contributed by atoms with Crippen LogP contribution in [0.15, 0.2) is 28.7 Å². The highest BCUT2D eigenvalue weighted by Crippen LogP contribution is 2.24. The van der Waals surface area contributed by atoms with Gasteiger partial charge in [0.1, 0.15) is 0 Å². The van der Waals surface area contributed by atoms with Crippen molar-refractivity contribution >= 4 is 21.8 Å². The number of hydrogen-bond acceptors (Lipinski definition) is 2. The molecule has 0 spiro atoms. The summed E-state index contributed by atoms with van der Waals surface area (Å²) in [5.74, 6) is 0.751. The topological polar surface area (TPSA) is 49.3 Å². The summed E-state index contributed by atoms with van der Waals surface area (Å²) in [4.78, 5) is 12.0. The first kappa shape index (κ1) is 16.5. The SMILES string of the molecule is CC(CC(=O)NCC1CCCC(O)C1)c1ccc(Br)cc1. The van der Waals surface area contributed by atoms with E-state index in [1.54, 1.807) is 0 Å². The third-order valence-electron chi connectivity index (χ3n) is 4.27. The lowest BCUT2D eigenvalue weighted by Crippen LogP contribution is -2.33. The second kappa shape index (κ2) is 7.95. The van der Waals surface area contributed by atoms with Gasteiger partial charge in [-0.25, -0.2) is 0 Å². The quantitative estimate of drug-likeness (QED) is 0.849. The second-order valence-corrected chi connectivity index (χ2v) is 7.06. The van der Waals surface area contributed by atoms with Gasteiger partial charge in [-0.05, 0) is 48.8 Å². The summed E-state index contributed by atoms with van der Waals surface area (Å²) in [5, 5.41) is 12.7. The van der Waals surface area contributed by atoms with E-state index < -0.39 is 0 Å². The van der Waals surface area contributed by atoms with Crippen LogP contribution in [0.25, 0.3) is 0 Å². The highest BCUT2D eigenvalue weighted by molar-refractivity contribution is 9.10. The minimum absolute atomic E-state index is 0.102. The normalized spacial score (nSPS) is 23.6. The summed E-state index contributed by atoms with van der Waals surface area (Å²) >= 11 is 3.42. The molecule has 3 unspecified atom stereocenters. The number of halogens is 1. The monoisotopic (exact) mass is 353 g/mol. The third kappa shape index (κ3) is 5.44. The van der Waals surface area contributed by atoms with Gasteiger partial charge in [-0.3, -0.25) is 4.79 Å². The number of aliphatic hydroxyl groups excluding tert-OH is 1. The summed E-state index contributed by atoms with van der Waals surface area (Å²) in [6.07, 6.45) is 4.24. The van der Waals surface area contributed by atoms with Crippen LogP contribution in [0.4, 0.5) is 0 Å². The zero-order chi connectivity index (χ0) is 15.2. The zero-order valence-electron chi connectivity index (χ0n) is 12.5. The van der Waals surface area contributed by atoms with Gasteiger partial charge in [0, 0.05) is 17.4 Å². The van der Waals surface area contributed by atoms with Crippen LogP contribution in [0.2, 0.25) is 0 Å². The summed E-state index contributed by atoms with van der Waals surface area (Å²) in [7, 11) is 0. The van der Waals surface area contributed by atoms with E-state index in [0.717, 1.165) is 30.2 Å². The Balaban J connectivity index is 1.74. The van der Waals surface area contributed by atoms with Crippen molar-refractivity contribution in [2.24, 2.45) is 5.92 Å². The summed E-state index contributed by atoms with van der Waals surface area (Å²) in [6, 6.07) is 8.12. The Bertz CT molecular complexity index is 460. The molecule has 0 bridgehead atoms. The van der Waals surface area contributed by atoms with E-state index in [1.165, 1.54) is 5.56 Å². The van der Waals surface area contributed by atoms with Gasteiger partial charge in [0.2, 0.25) is 5.91 Å². The molecule has 3 atom stereocenters. The Hall–Kier alpha value is -0.870. The van der Waals surface area contributed by atoms with Crippen LogP contribution in [0.3, 0.4) is 0 Å². The van der Waals surface area contributed by atoms with Crippen LogP contribution in [-0.2, 0) is 4.79 Å². The Kier molecular flexibility index (Phi) is 6.24. The molecule has 0 saturated heterocycles. The van der Waals surface area contributed by atoms with Gasteiger partial charge in [0.25, 0.3) is 0 Å². The highest BCUT2D eigenvalue weighted by Gasteiger charge is 2.20. The lowest BCUT2D eigenvalue weighted by Gasteiger charge is -2.26. The fourth-order valence-corrected chi connectivity index (χ4v) is 3.23. The molecule has 116 valence electrons. The van der Waals surface area contributed by atoms with Crippen molar-refractivity contribution in [1.29, 1.82) is 0 Å². The minimum Gasteiger partial charge on any atom is -0.393 e. The number of amides is 1. The molecule has 1 aliphatic rings. The first-order chi connectivity index (χ1) is 10.0. The van der Waals surface area contributed by atoms with Crippen LogP contribution >= 0.6 is 15.9 Å². The van der Waals surface area contributed by atoms with E-state index in [4.69, 9.17) is 0 Å². The molecule has 1 saturated carbocycles. The van der Waals surface area contributed by atoms with Crippen LogP contribution in [0.5, 0.6) is 0 Å². The maximum Gasteiger partial charge on any atom is 0.220 e. The number of benzene rings is 1. The Labute approximate surface area is 135 Å². The van der Waals surface area contributed by atoms with Crippen LogP contribution in [-0.4, -0.2) is 23.7 Å². The molecule has 1 aliphatic carbocycles. The molecule has 0 aromatic heterocycles. The number of carbonyl (C=O) groups excluding carboxylic acids is 1. The molecule has 0 radical (unpaired) electrons. The first-order valence-corrected chi connectivity index (χ1v) is 8.54. The van der Waals surface area contributed by atoms with Crippen LogP contribution in [0.1, 0.15) is 50.5 Å². The van der Waals surface area contributed by atoms with Crippen molar-refractivity contribution in [2.45, 2.75) is 51.0 Å². The van der Waals surface area contributed by atoms with E-state index in [0.29, 0.717) is 18.9 Å². The average molecular weight is 354 g/mol. The fourth-order valence-electron chi connectivity index (χ4n) is 2.97. The van der Waals surface area contributed by atoms with Crippen molar-refractivity contribution in [3.63, 3.8) is 0 Å². The Morgan fingerprint density at radius 1 is 1.38 bits per heavy atom. The van der Waals surface area contributed by atoms with Gasteiger partial charge >= 0.3 is 0 Å². The van der Waals surface area contributed by atoms with Gasteiger partial charge in [-0.15, -0.1) is 0 Å². The van der Waals surface area contributed by atoms with E-state index in [1.807, 2.05) is 12.1 Å². The smallest absolute Gasteiger partial charge is 0.220 e. The molecule has 3 nitrogen and oxygen atoms in total. The van der Waals surface area contributed by atoms with Crippen molar-refractivity contribution in [3.8, 4) is 0 Å². The predicted molar refractivity (Wildman–Crippen MR) is 88.1 cm³/mol. The van der Waals surface area contributed by atoms with Crippen molar-refractivity contribution in [2.75, 3.05) is 6.54 Å². The maximum atomic E-state index is 12.0. The average Bonchev–Trinajstić information content (AvgIpc) is 2.46. The molecule has 0 aliphatic heterocycles. The number of aliphatic hydroxyl groups is 1. The summed E-state index contributed by atoms with van der Waals surface area (Å²) < 4.78 is 1.05. The summed E-state index contributed by atoms with van der Waals surface area (Å²) in [5.41, 5.74) is 1.18. The van der Waals surface area contributed by atoms with Crippen molar-refractivity contribution < 1.29 is 9.90 Å². The first-order valence-electron chi connectivity index (χ1n) is 7.75. The van der Waals surface area contributed by atoms with E-state index in [-0.39, 0.29) is 17.9 Å². The minimum atomic E-state index is -0.178. The Morgan fingerprint density at radius 2 is 2.10 bits per heavy atom. The maximum absolute atomic E-state index is 12.0. The standard InChI is InChI=1S/C17H24BrNO2/c1-12(14-5-7-15(18)8-6-14)9-17(21)19-11-13-3-2-4-16(20)10-13/h5-8,12-13,16,20H,2-4,9-11H2,1H3,(H,19,21). The van der Waals surface area contributed by atoms with E-state index >= 15 is 0 Å². The molecule has 4 heteroatoms. The Morgan fingerprint density at radius 3 is 2.76 bits per heavy atom. The van der Waals surface area contributed by atoms with Gasteiger partial charge in [0.15, 0.2) is 0 Å². The largest absolute Gasteiger partial charge is 0.393 e. The molecular formula is C17H24BrNO2. The molecule has 2 N–H and O–H groups in total. The van der Waals surface area contributed by atoms with Crippen molar-refractivity contribution in [3.05, 3.63) is 34.3 Å². The molecular weight excluding hydrogens is 330 g/mol. The van der Waals surface area contributed by atoms with Crippen LogP contribution in [0, 0.1) is 5.92 Å². The van der Waals surface area contributed by atoms with Gasteiger partial charge in [-0.1, -0.05) is 41.4 Å². The number of hydrogen-bond donors (Lipinski definition) is 2. The zero-order valence-corrected chi connectivity index (χ0v) is 14.1. The van der Waals surface area contributed by atoms with E-state index in [9.17, 15) is 9.90 Å². The van der Waals surface area contributed by atoms with Crippen molar-refractivity contribution in [1.82, 2.24) is 5.32 Å². The highest BCUT2D eigenvalue weighted by atomic mass is 79.9.